The molecule has 26 heavy (non-hydrogen) atoms. The van der Waals surface area contributed by atoms with Crippen LogP contribution in [-0.2, 0) is 0 Å². The van der Waals surface area contributed by atoms with Crippen molar-refractivity contribution < 1.29 is 4.42 Å². The van der Waals surface area contributed by atoms with E-state index in [-0.39, 0.29) is 11.3 Å². The minimum absolute atomic E-state index is 0.140. The molecule has 0 saturated heterocycles. The second-order valence-electron chi connectivity index (χ2n) is 5.04. The molecule has 0 saturated carbocycles. The first-order chi connectivity index (χ1) is 12.5. The van der Waals surface area contributed by atoms with Gasteiger partial charge in [-0.15, -0.1) is 0 Å². The Kier molecular flexibility index (Phi) is 4.78. The second kappa shape index (κ2) is 7.17. The Morgan fingerprint density at radius 3 is 2.42 bits per heavy atom. The van der Waals surface area contributed by atoms with Crippen LogP contribution >= 0.6 is 23.2 Å². The van der Waals surface area contributed by atoms with Gasteiger partial charge in [-0.3, -0.25) is 0 Å². The predicted molar refractivity (Wildman–Crippen MR) is 97.0 cm³/mol. The fraction of sp³-hybridized carbons (Fsp3) is 0. The van der Waals surface area contributed by atoms with E-state index >= 15 is 0 Å². The topological polar surface area (TPSA) is 109 Å². The molecule has 1 N–H and O–H groups in total. The molecule has 0 radical (unpaired) electrons. The van der Waals surface area contributed by atoms with Gasteiger partial charge < -0.3 is 9.73 Å². The van der Waals surface area contributed by atoms with Crippen LogP contribution in [0, 0.1) is 34.0 Å². The molecule has 2 aromatic carbocycles. The van der Waals surface area contributed by atoms with Crippen LogP contribution in [-0.4, -0.2) is 4.98 Å². The highest BCUT2D eigenvalue weighted by molar-refractivity contribution is 6.36. The number of oxazole rings is 1. The Bertz CT molecular complexity index is 1160. The maximum absolute atomic E-state index is 9.11. The van der Waals surface area contributed by atoms with Gasteiger partial charge in [-0.25, -0.2) is 4.98 Å². The third-order valence-electron chi connectivity index (χ3n) is 3.40. The molecule has 0 amide bonds. The van der Waals surface area contributed by atoms with Crippen molar-refractivity contribution >= 4 is 40.0 Å². The summed E-state index contributed by atoms with van der Waals surface area (Å²) in [6.45, 7) is 0. The van der Waals surface area contributed by atoms with Gasteiger partial charge >= 0.3 is 0 Å². The lowest BCUT2D eigenvalue weighted by Gasteiger charge is -2.03. The zero-order chi connectivity index (χ0) is 18.7. The zero-order valence-corrected chi connectivity index (χ0v) is 14.4. The van der Waals surface area contributed by atoms with Crippen molar-refractivity contribution in [3.63, 3.8) is 0 Å². The van der Waals surface area contributed by atoms with Crippen molar-refractivity contribution in [2.75, 3.05) is 5.32 Å². The van der Waals surface area contributed by atoms with Gasteiger partial charge in [-0.05, 0) is 36.4 Å². The van der Waals surface area contributed by atoms with E-state index in [1.54, 1.807) is 54.6 Å². The van der Waals surface area contributed by atoms with E-state index in [2.05, 4.69) is 10.3 Å². The van der Waals surface area contributed by atoms with Crippen LogP contribution in [0.1, 0.15) is 0 Å². The van der Waals surface area contributed by atoms with E-state index in [0.717, 1.165) is 0 Å². The minimum atomic E-state index is -0.304. The van der Waals surface area contributed by atoms with Crippen molar-refractivity contribution in [2.45, 2.75) is 0 Å². The molecule has 0 bridgehead atoms. The summed E-state index contributed by atoms with van der Waals surface area (Å²) in [5.74, 6) is 0.324. The molecule has 8 heteroatoms. The molecule has 0 fully saturated rings. The van der Waals surface area contributed by atoms with Gasteiger partial charge in [0, 0.05) is 10.7 Å². The number of anilines is 1. The van der Waals surface area contributed by atoms with Crippen LogP contribution in [0.5, 0.6) is 0 Å². The smallest absolute Gasteiger partial charge is 0.228 e. The molecule has 0 aliphatic heterocycles. The van der Waals surface area contributed by atoms with Gasteiger partial charge in [-0.2, -0.15) is 15.8 Å². The molecule has 124 valence electrons. The fourth-order valence-electron chi connectivity index (χ4n) is 2.21. The molecule has 0 unspecified atom stereocenters. The number of nitrogens with one attached hydrogen (secondary N) is 1. The highest BCUT2D eigenvalue weighted by Crippen LogP contribution is 2.32. The molecule has 3 aromatic rings. The molecule has 6 nitrogen and oxygen atoms in total. The Morgan fingerprint density at radius 1 is 1.00 bits per heavy atom. The molecular formula is C18H7Cl2N5O. The number of allylic oxidation sites excluding steroid dienone is 2. The van der Waals surface area contributed by atoms with Gasteiger partial charge in [0.15, 0.2) is 11.2 Å². The van der Waals surface area contributed by atoms with Crippen molar-refractivity contribution in [1.82, 2.24) is 4.98 Å². The predicted octanol–water partition coefficient (Wildman–Crippen LogP) is 5.04. The van der Waals surface area contributed by atoms with Crippen LogP contribution < -0.4 is 5.32 Å². The van der Waals surface area contributed by atoms with Crippen LogP contribution in [0.3, 0.4) is 0 Å². The number of fused-ring (bicyclic) bond motifs is 1. The lowest BCUT2D eigenvalue weighted by molar-refractivity contribution is 0.620. The van der Waals surface area contributed by atoms with Gasteiger partial charge in [0.25, 0.3) is 0 Å². The maximum atomic E-state index is 9.11. The number of benzene rings is 2. The number of nitriles is 3. The lowest BCUT2D eigenvalue weighted by Crippen LogP contribution is -2.00. The lowest BCUT2D eigenvalue weighted by atomic mass is 10.2. The van der Waals surface area contributed by atoms with Crippen molar-refractivity contribution in [1.29, 1.82) is 15.8 Å². The van der Waals surface area contributed by atoms with Gasteiger partial charge in [0.2, 0.25) is 5.89 Å². The molecule has 0 aliphatic rings. The van der Waals surface area contributed by atoms with E-state index in [0.29, 0.717) is 38.3 Å². The summed E-state index contributed by atoms with van der Waals surface area (Å²) in [4.78, 5) is 4.39. The molecule has 3 rings (SSSR count). The first kappa shape index (κ1) is 17.3. The van der Waals surface area contributed by atoms with E-state index in [4.69, 9.17) is 43.4 Å². The summed E-state index contributed by atoms with van der Waals surface area (Å²) in [5.41, 5.74) is 1.67. The molecule has 1 aromatic heterocycles. The molecule has 0 atom stereocenters. The second-order valence-corrected chi connectivity index (χ2v) is 5.88. The zero-order valence-electron chi connectivity index (χ0n) is 12.9. The average molecular weight is 380 g/mol. The fourth-order valence-corrected chi connectivity index (χ4v) is 2.70. The van der Waals surface area contributed by atoms with Crippen LogP contribution in [0.15, 0.2) is 52.1 Å². The van der Waals surface area contributed by atoms with Gasteiger partial charge in [0.1, 0.15) is 29.4 Å². The summed E-state index contributed by atoms with van der Waals surface area (Å²) in [6.07, 6.45) is 0. The number of aromatic nitrogens is 1. The Labute approximate surface area is 158 Å². The average Bonchev–Trinajstić information content (AvgIpc) is 3.04. The molecule has 0 aliphatic carbocycles. The number of halogens is 2. The van der Waals surface area contributed by atoms with Crippen LogP contribution in [0.25, 0.3) is 22.6 Å². The third-order valence-corrected chi connectivity index (χ3v) is 3.95. The SMILES string of the molecule is N#CC(C#N)=C(C#N)Nc1ccc2oc(-c3ccc(Cl)cc3Cl)nc2c1. The summed E-state index contributed by atoms with van der Waals surface area (Å²) >= 11 is 12.1. The number of rotatable bonds is 3. The Morgan fingerprint density at radius 2 is 1.77 bits per heavy atom. The van der Waals surface area contributed by atoms with E-state index in [9.17, 15) is 0 Å². The number of hydrogen-bond donors (Lipinski definition) is 1. The first-order valence-corrected chi connectivity index (χ1v) is 7.89. The maximum Gasteiger partial charge on any atom is 0.228 e. The summed E-state index contributed by atoms with van der Waals surface area (Å²) in [5, 5.41) is 30.5. The molecular weight excluding hydrogens is 373 g/mol. The summed E-state index contributed by atoms with van der Waals surface area (Å²) in [7, 11) is 0. The largest absolute Gasteiger partial charge is 0.436 e. The van der Waals surface area contributed by atoms with E-state index in [1.165, 1.54) is 0 Å². The third kappa shape index (κ3) is 3.31. The van der Waals surface area contributed by atoms with Crippen molar-refractivity contribution in [2.24, 2.45) is 0 Å². The standard InChI is InChI=1S/C18H7Cl2N5O/c19-11-1-3-13(14(20)5-11)18-25-15-6-12(2-4-17(15)26-18)24-16(9-23)10(7-21)8-22/h1-6,24H. The highest BCUT2D eigenvalue weighted by atomic mass is 35.5. The normalized spacial score (nSPS) is 9.81. The monoisotopic (exact) mass is 379 g/mol. The Hall–Kier alpha value is -3.50. The molecule has 0 spiro atoms. The Balaban J connectivity index is 2.01. The highest BCUT2D eigenvalue weighted by Gasteiger charge is 2.13. The van der Waals surface area contributed by atoms with Gasteiger partial charge in [-0.1, -0.05) is 23.2 Å². The quantitative estimate of drug-likeness (QED) is 0.638. The first-order valence-electron chi connectivity index (χ1n) is 7.13. The summed E-state index contributed by atoms with van der Waals surface area (Å²) in [6, 6.07) is 15.1. The van der Waals surface area contributed by atoms with Crippen molar-refractivity contribution in [3.8, 4) is 29.7 Å². The summed E-state index contributed by atoms with van der Waals surface area (Å²) < 4.78 is 5.70. The number of hydrogen-bond acceptors (Lipinski definition) is 6. The van der Waals surface area contributed by atoms with Crippen LogP contribution in [0.4, 0.5) is 5.69 Å². The number of nitrogens with zero attached hydrogens (tertiary/aromatic N) is 4. The molecule has 1 heterocycles. The van der Waals surface area contributed by atoms with Crippen molar-refractivity contribution in [3.05, 3.63) is 57.7 Å². The minimum Gasteiger partial charge on any atom is -0.436 e. The van der Waals surface area contributed by atoms with E-state index < -0.39 is 0 Å². The van der Waals surface area contributed by atoms with Crippen LogP contribution in [0.2, 0.25) is 10.0 Å². The van der Waals surface area contributed by atoms with Gasteiger partial charge in [0.05, 0.1) is 10.6 Å². The van der Waals surface area contributed by atoms with E-state index in [1.807, 2.05) is 0 Å².